The number of aromatic nitrogens is 1. The second kappa shape index (κ2) is 4.80. The summed E-state index contributed by atoms with van der Waals surface area (Å²) in [4.78, 5) is 22.9. The Balaban J connectivity index is 2.09. The van der Waals surface area contributed by atoms with E-state index in [2.05, 4.69) is 10.5 Å². The molecule has 0 atom stereocenters. The zero-order chi connectivity index (χ0) is 13.2. The molecule has 1 aliphatic carbocycles. The Bertz CT molecular complexity index is 460. The SMILES string of the molecule is Cc1cc(C(=O)NC2(CC(=O)O)CCCC2)no1. The maximum Gasteiger partial charge on any atom is 0.305 e. The number of aryl methyl sites for hydroxylation is 1. The van der Waals surface area contributed by atoms with Crippen molar-refractivity contribution in [3.05, 3.63) is 17.5 Å². The minimum atomic E-state index is -0.895. The summed E-state index contributed by atoms with van der Waals surface area (Å²) in [6.45, 7) is 1.70. The zero-order valence-corrected chi connectivity index (χ0v) is 10.2. The quantitative estimate of drug-likeness (QED) is 0.847. The fourth-order valence-electron chi connectivity index (χ4n) is 2.47. The number of nitrogens with zero attached hydrogens (tertiary/aromatic N) is 1. The predicted octanol–water partition coefficient (Wildman–Crippen LogP) is 1.50. The van der Waals surface area contributed by atoms with Crippen molar-refractivity contribution in [2.75, 3.05) is 0 Å². The summed E-state index contributed by atoms with van der Waals surface area (Å²) in [5.41, 5.74) is -0.431. The summed E-state index contributed by atoms with van der Waals surface area (Å²) in [7, 11) is 0. The summed E-state index contributed by atoms with van der Waals surface area (Å²) in [6, 6.07) is 1.54. The molecule has 1 saturated carbocycles. The van der Waals surface area contributed by atoms with E-state index in [4.69, 9.17) is 9.63 Å². The van der Waals surface area contributed by atoms with Gasteiger partial charge in [-0.15, -0.1) is 0 Å². The molecule has 0 bridgehead atoms. The Morgan fingerprint density at radius 1 is 1.50 bits per heavy atom. The van der Waals surface area contributed by atoms with Gasteiger partial charge in [0.25, 0.3) is 5.91 Å². The number of carbonyl (C=O) groups is 2. The van der Waals surface area contributed by atoms with Crippen LogP contribution in [0.15, 0.2) is 10.6 Å². The van der Waals surface area contributed by atoms with Gasteiger partial charge in [0.2, 0.25) is 0 Å². The molecule has 6 heteroatoms. The lowest BCUT2D eigenvalue weighted by atomic mass is 9.93. The zero-order valence-electron chi connectivity index (χ0n) is 10.2. The normalized spacial score (nSPS) is 17.6. The van der Waals surface area contributed by atoms with Crippen molar-refractivity contribution < 1.29 is 19.2 Å². The molecule has 0 spiro atoms. The van der Waals surface area contributed by atoms with Crippen LogP contribution in [0.1, 0.15) is 48.4 Å². The minimum absolute atomic E-state index is 0.0461. The third-order valence-electron chi connectivity index (χ3n) is 3.29. The van der Waals surface area contributed by atoms with Crippen LogP contribution in [0.2, 0.25) is 0 Å². The topological polar surface area (TPSA) is 92.4 Å². The van der Waals surface area contributed by atoms with Gasteiger partial charge in [0, 0.05) is 6.07 Å². The molecule has 1 aromatic rings. The molecule has 6 nitrogen and oxygen atoms in total. The summed E-state index contributed by atoms with van der Waals surface area (Å²) in [5, 5.41) is 15.4. The fraction of sp³-hybridized carbons (Fsp3) is 0.583. The van der Waals surface area contributed by atoms with Gasteiger partial charge in [-0.25, -0.2) is 0 Å². The molecule has 0 aromatic carbocycles. The van der Waals surface area contributed by atoms with Gasteiger partial charge in [-0.3, -0.25) is 9.59 Å². The van der Waals surface area contributed by atoms with Crippen molar-refractivity contribution in [3.8, 4) is 0 Å². The van der Waals surface area contributed by atoms with Gasteiger partial charge < -0.3 is 14.9 Å². The molecule has 1 fully saturated rings. The highest BCUT2D eigenvalue weighted by atomic mass is 16.5. The number of rotatable bonds is 4. The van der Waals surface area contributed by atoms with E-state index < -0.39 is 11.5 Å². The van der Waals surface area contributed by atoms with Crippen molar-refractivity contribution in [2.45, 2.75) is 44.6 Å². The van der Waals surface area contributed by atoms with Crippen LogP contribution in [-0.4, -0.2) is 27.7 Å². The van der Waals surface area contributed by atoms with Gasteiger partial charge in [-0.05, 0) is 19.8 Å². The monoisotopic (exact) mass is 252 g/mol. The van der Waals surface area contributed by atoms with Crippen LogP contribution < -0.4 is 5.32 Å². The first-order valence-electron chi connectivity index (χ1n) is 5.98. The van der Waals surface area contributed by atoms with Crippen molar-refractivity contribution >= 4 is 11.9 Å². The van der Waals surface area contributed by atoms with Crippen LogP contribution in [-0.2, 0) is 4.79 Å². The highest BCUT2D eigenvalue weighted by Gasteiger charge is 2.38. The summed E-state index contributed by atoms with van der Waals surface area (Å²) < 4.78 is 4.84. The van der Waals surface area contributed by atoms with Crippen molar-refractivity contribution in [3.63, 3.8) is 0 Å². The maximum atomic E-state index is 12.0. The number of carboxylic acid groups (broad SMARTS) is 1. The summed E-state index contributed by atoms with van der Waals surface area (Å²) >= 11 is 0. The fourth-order valence-corrected chi connectivity index (χ4v) is 2.47. The van der Waals surface area contributed by atoms with E-state index in [1.807, 2.05) is 0 Å². The molecule has 0 saturated heterocycles. The summed E-state index contributed by atoms with van der Waals surface area (Å²) in [5.74, 6) is -0.706. The number of carboxylic acids is 1. The lowest BCUT2D eigenvalue weighted by Gasteiger charge is -2.28. The number of hydrogen-bond donors (Lipinski definition) is 2. The largest absolute Gasteiger partial charge is 0.481 e. The smallest absolute Gasteiger partial charge is 0.305 e. The maximum absolute atomic E-state index is 12.0. The number of hydrogen-bond acceptors (Lipinski definition) is 4. The Kier molecular flexibility index (Phi) is 3.36. The molecule has 98 valence electrons. The van der Waals surface area contributed by atoms with E-state index in [-0.39, 0.29) is 18.0 Å². The second-order valence-corrected chi connectivity index (χ2v) is 4.83. The van der Waals surface area contributed by atoms with E-state index in [0.29, 0.717) is 18.6 Å². The van der Waals surface area contributed by atoms with Gasteiger partial charge in [0.1, 0.15) is 5.76 Å². The van der Waals surface area contributed by atoms with Crippen LogP contribution in [0.4, 0.5) is 0 Å². The van der Waals surface area contributed by atoms with Gasteiger partial charge >= 0.3 is 5.97 Å². The Labute approximate surface area is 104 Å². The average molecular weight is 252 g/mol. The molecule has 0 aliphatic heterocycles. The van der Waals surface area contributed by atoms with Crippen molar-refractivity contribution in [1.82, 2.24) is 10.5 Å². The standard InChI is InChI=1S/C12H16N2O4/c1-8-6-9(14-18-8)11(17)13-12(7-10(15)16)4-2-3-5-12/h6H,2-5,7H2,1H3,(H,13,17)(H,15,16). The first-order valence-corrected chi connectivity index (χ1v) is 5.98. The molecule has 1 aromatic heterocycles. The van der Waals surface area contributed by atoms with Gasteiger partial charge in [0.15, 0.2) is 5.69 Å². The molecule has 1 aliphatic rings. The second-order valence-electron chi connectivity index (χ2n) is 4.83. The van der Waals surface area contributed by atoms with E-state index in [1.54, 1.807) is 13.0 Å². The van der Waals surface area contributed by atoms with E-state index in [0.717, 1.165) is 12.8 Å². The molecule has 0 radical (unpaired) electrons. The molecule has 18 heavy (non-hydrogen) atoms. The third kappa shape index (κ3) is 2.69. The third-order valence-corrected chi connectivity index (χ3v) is 3.29. The average Bonchev–Trinajstić information content (AvgIpc) is 2.87. The van der Waals surface area contributed by atoms with E-state index in [1.165, 1.54) is 0 Å². The number of carbonyl (C=O) groups excluding carboxylic acids is 1. The number of amides is 1. The highest BCUT2D eigenvalue weighted by molar-refractivity contribution is 5.93. The first kappa shape index (κ1) is 12.6. The van der Waals surface area contributed by atoms with E-state index in [9.17, 15) is 9.59 Å². The Hall–Kier alpha value is -1.85. The summed E-state index contributed by atoms with van der Waals surface area (Å²) in [6.07, 6.45) is 3.22. The minimum Gasteiger partial charge on any atom is -0.481 e. The molecule has 1 heterocycles. The lowest BCUT2D eigenvalue weighted by Crippen LogP contribution is -2.47. The number of aliphatic carboxylic acids is 1. The van der Waals surface area contributed by atoms with Gasteiger partial charge in [-0.1, -0.05) is 18.0 Å². The molecular weight excluding hydrogens is 236 g/mol. The molecule has 0 unspecified atom stereocenters. The Morgan fingerprint density at radius 3 is 2.67 bits per heavy atom. The van der Waals surface area contributed by atoms with Crippen LogP contribution in [0.3, 0.4) is 0 Å². The molecule has 1 amide bonds. The van der Waals surface area contributed by atoms with Gasteiger partial charge in [-0.2, -0.15) is 0 Å². The highest BCUT2D eigenvalue weighted by Crippen LogP contribution is 2.32. The van der Waals surface area contributed by atoms with Crippen molar-refractivity contribution in [2.24, 2.45) is 0 Å². The molecule has 2 N–H and O–H groups in total. The van der Waals surface area contributed by atoms with Crippen LogP contribution in [0.25, 0.3) is 0 Å². The Morgan fingerprint density at radius 2 is 2.17 bits per heavy atom. The van der Waals surface area contributed by atoms with Gasteiger partial charge in [0.05, 0.1) is 12.0 Å². The van der Waals surface area contributed by atoms with Crippen LogP contribution >= 0.6 is 0 Å². The van der Waals surface area contributed by atoms with Crippen LogP contribution in [0.5, 0.6) is 0 Å². The molecular formula is C12H16N2O4. The van der Waals surface area contributed by atoms with Crippen molar-refractivity contribution in [1.29, 1.82) is 0 Å². The van der Waals surface area contributed by atoms with Crippen LogP contribution in [0, 0.1) is 6.92 Å². The lowest BCUT2D eigenvalue weighted by molar-refractivity contribution is -0.138. The predicted molar refractivity (Wildman–Crippen MR) is 62.2 cm³/mol. The number of nitrogens with one attached hydrogen (secondary N) is 1. The first-order chi connectivity index (χ1) is 8.51. The van der Waals surface area contributed by atoms with E-state index >= 15 is 0 Å². The molecule has 2 rings (SSSR count).